The lowest BCUT2D eigenvalue weighted by atomic mass is 10.2. The SMILES string of the molecule is COCC(C)CNCc1cscc1C. The van der Waals surface area contributed by atoms with Crippen molar-refractivity contribution in [3.63, 3.8) is 0 Å². The van der Waals surface area contributed by atoms with Gasteiger partial charge >= 0.3 is 0 Å². The van der Waals surface area contributed by atoms with Crippen molar-refractivity contribution < 1.29 is 4.74 Å². The van der Waals surface area contributed by atoms with Crippen molar-refractivity contribution in [1.29, 1.82) is 0 Å². The summed E-state index contributed by atoms with van der Waals surface area (Å²) in [5.41, 5.74) is 2.81. The van der Waals surface area contributed by atoms with Crippen LogP contribution in [0.2, 0.25) is 0 Å². The van der Waals surface area contributed by atoms with Crippen LogP contribution in [0.25, 0.3) is 0 Å². The van der Waals surface area contributed by atoms with E-state index in [0.717, 1.165) is 19.7 Å². The molecule has 1 atom stereocenters. The molecule has 1 aromatic rings. The van der Waals surface area contributed by atoms with Crippen molar-refractivity contribution in [2.75, 3.05) is 20.3 Å². The van der Waals surface area contributed by atoms with Crippen LogP contribution in [0.5, 0.6) is 0 Å². The summed E-state index contributed by atoms with van der Waals surface area (Å²) in [7, 11) is 1.75. The molecule has 0 fully saturated rings. The Bertz CT molecular complexity index is 260. The average molecular weight is 213 g/mol. The number of aryl methyl sites for hydroxylation is 1. The summed E-state index contributed by atoms with van der Waals surface area (Å²) in [6, 6.07) is 0. The molecule has 0 aromatic carbocycles. The number of rotatable bonds is 6. The highest BCUT2D eigenvalue weighted by Crippen LogP contribution is 2.12. The molecule has 0 amide bonds. The minimum absolute atomic E-state index is 0.582. The van der Waals surface area contributed by atoms with Gasteiger partial charge in [-0.25, -0.2) is 0 Å². The van der Waals surface area contributed by atoms with E-state index in [1.807, 2.05) is 0 Å². The zero-order valence-electron chi connectivity index (χ0n) is 9.17. The fraction of sp³-hybridized carbons (Fsp3) is 0.636. The molecule has 0 saturated carbocycles. The highest BCUT2D eigenvalue weighted by atomic mass is 32.1. The maximum Gasteiger partial charge on any atom is 0.0499 e. The zero-order chi connectivity index (χ0) is 10.4. The number of nitrogens with one attached hydrogen (secondary N) is 1. The number of hydrogen-bond acceptors (Lipinski definition) is 3. The second kappa shape index (κ2) is 6.17. The van der Waals surface area contributed by atoms with Crippen LogP contribution in [-0.2, 0) is 11.3 Å². The molecule has 1 unspecified atom stereocenters. The average Bonchev–Trinajstić information content (AvgIpc) is 2.52. The Labute approximate surface area is 90.3 Å². The van der Waals surface area contributed by atoms with Crippen molar-refractivity contribution >= 4 is 11.3 Å². The molecule has 2 nitrogen and oxygen atoms in total. The minimum atomic E-state index is 0.582. The first-order valence-electron chi connectivity index (χ1n) is 4.95. The lowest BCUT2D eigenvalue weighted by Gasteiger charge is -2.11. The van der Waals surface area contributed by atoms with Crippen LogP contribution in [0.4, 0.5) is 0 Å². The van der Waals surface area contributed by atoms with Gasteiger partial charge < -0.3 is 10.1 Å². The molecule has 1 N–H and O–H groups in total. The number of ether oxygens (including phenoxy) is 1. The van der Waals surface area contributed by atoms with Gasteiger partial charge in [0.2, 0.25) is 0 Å². The second-order valence-corrected chi connectivity index (χ2v) is 4.52. The molecular formula is C11H19NOS. The van der Waals surface area contributed by atoms with Crippen molar-refractivity contribution in [1.82, 2.24) is 5.32 Å². The topological polar surface area (TPSA) is 21.3 Å². The van der Waals surface area contributed by atoms with Crippen LogP contribution in [0.3, 0.4) is 0 Å². The molecule has 0 saturated heterocycles. The van der Waals surface area contributed by atoms with Gasteiger partial charge in [-0.05, 0) is 34.7 Å². The van der Waals surface area contributed by atoms with E-state index in [1.165, 1.54) is 11.1 Å². The smallest absolute Gasteiger partial charge is 0.0499 e. The Hall–Kier alpha value is -0.380. The molecular weight excluding hydrogens is 194 g/mol. The summed E-state index contributed by atoms with van der Waals surface area (Å²) in [4.78, 5) is 0. The lowest BCUT2D eigenvalue weighted by molar-refractivity contribution is 0.158. The van der Waals surface area contributed by atoms with Crippen LogP contribution in [0, 0.1) is 12.8 Å². The molecule has 3 heteroatoms. The molecule has 1 rings (SSSR count). The number of hydrogen-bond donors (Lipinski definition) is 1. The first-order valence-corrected chi connectivity index (χ1v) is 5.89. The standard InChI is InChI=1S/C11H19NOS/c1-9(6-13-3)4-12-5-11-8-14-7-10(11)2/h7-9,12H,4-6H2,1-3H3. The third kappa shape index (κ3) is 3.78. The third-order valence-electron chi connectivity index (χ3n) is 2.22. The zero-order valence-corrected chi connectivity index (χ0v) is 9.99. The predicted molar refractivity (Wildman–Crippen MR) is 61.8 cm³/mol. The summed E-state index contributed by atoms with van der Waals surface area (Å²) >= 11 is 1.77. The third-order valence-corrected chi connectivity index (χ3v) is 3.13. The fourth-order valence-corrected chi connectivity index (χ4v) is 2.22. The molecule has 14 heavy (non-hydrogen) atoms. The highest BCUT2D eigenvalue weighted by Gasteiger charge is 2.02. The maximum atomic E-state index is 5.08. The second-order valence-electron chi connectivity index (χ2n) is 3.77. The summed E-state index contributed by atoms with van der Waals surface area (Å²) in [5, 5.41) is 7.84. The maximum absolute atomic E-state index is 5.08. The van der Waals surface area contributed by atoms with Gasteiger partial charge in [-0.1, -0.05) is 6.92 Å². The Kier molecular flexibility index (Phi) is 5.15. The largest absolute Gasteiger partial charge is 0.384 e. The van der Waals surface area contributed by atoms with E-state index in [-0.39, 0.29) is 0 Å². The van der Waals surface area contributed by atoms with Crippen LogP contribution < -0.4 is 5.32 Å². The molecule has 0 bridgehead atoms. The van der Waals surface area contributed by atoms with E-state index in [2.05, 4.69) is 29.9 Å². The first-order chi connectivity index (χ1) is 6.74. The molecule has 1 aromatic heterocycles. The van der Waals surface area contributed by atoms with Gasteiger partial charge in [0.25, 0.3) is 0 Å². The molecule has 0 aliphatic rings. The highest BCUT2D eigenvalue weighted by molar-refractivity contribution is 7.08. The van der Waals surface area contributed by atoms with Gasteiger partial charge in [-0.15, -0.1) is 0 Å². The summed E-state index contributed by atoms with van der Waals surface area (Å²) in [6.07, 6.45) is 0. The summed E-state index contributed by atoms with van der Waals surface area (Å²) in [6.45, 7) is 7.17. The van der Waals surface area contributed by atoms with Crippen LogP contribution in [0.15, 0.2) is 10.8 Å². The van der Waals surface area contributed by atoms with E-state index < -0.39 is 0 Å². The normalized spacial score (nSPS) is 13.1. The van der Waals surface area contributed by atoms with Crippen molar-refractivity contribution in [2.24, 2.45) is 5.92 Å². The van der Waals surface area contributed by atoms with Crippen molar-refractivity contribution in [3.8, 4) is 0 Å². The van der Waals surface area contributed by atoms with Gasteiger partial charge in [0.1, 0.15) is 0 Å². The van der Waals surface area contributed by atoms with Gasteiger partial charge in [0.05, 0.1) is 0 Å². The lowest BCUT2D eigenvalue weighted by Crippen LogP contribution is -2.23. The summed E-state index contributed by atoms with van der Waals surface area (Å²) in [5.74, 6) is 0.582. The molecule has 0 aliphatic carbocycles. The molecule has 0 aliphatic heterocycles. The Morgan fingerprint density at radius 2 is 2.29 bits per heavy atom. The van der Waals surface area contributed by atoms with Gasteiger partial charge in [-0.3, -0.25) is 0 Å². The van der Waals surface area contributed by atoms with Gasteiger partial charge in [0.15, 0.2) is 0 Å². The van der Waals surface area contributed by atoms with E-state index in [4.69, 9.17) is 4.74 Å². The quantitative estimate of drug-likeness (QED) is 0.783. The van der Waals surface area contributed by atoms with Crippen molar-refractivity contribution in [2.45, 2.75) is 20.4 Å². The van der Waals surface area contributed by atoms with Gasteiger partial charge in [0, 0.05) is 26.8 Å². The van der Waals surface area contributed by atoms with E-state index in [9.17, 15) is 0 Å². The van der Waals surface area contributed by atoms with E-state index >= 15 is 0 Å². The number of thiophene rings is 1. The van der Waals surface area contributed by atoms with E-state index in [0.29, 0.717) is 5.92 Å². The Morgan fingerprint density at radius 1 is 1.50 bits per heavy atom. The molecule has 80 valence electrons. The molecule has 0 spiro atoms. The number of methoxy groups -OCH3 is 1. The Balaban J connectivity index is 2.19. The van der Waals surface area contributed by atoms with Crippen molar-refractivity contribution in [3.05, 3.63) is 21.9 Å². The van der Waals surface area contributed by atoms with Crippen LogP contribution >= 0.6 is 11.3 Å². The van der Waals surface area contributed by atoms with Crippen LogP contribution in [-0.4, -0.2) is 20.3 Å². The summed E-state index contributed by atoms with van der Waals surface area (Å²) < 4.78 is 5.08. The Morgan fingerprint density at radius 3 is 2.86 bits per heavy atom. The predicted octanol–water partition coefficient (Wildman–Crippen LogP) is 2.43. The monoisotopic (exact) mass is 213 g/mol. The fourth-order valence-electron chi connectivity index (χ4n) is 1.36. The van der Waals surface area contributed by atoms with E-state index in [1.54, 1.807) is 18.4 Å². The van der Waals surface area contributed by atoms with Gasteiger partial charge in [-0.2, -0.15) is 11.3 Å². The molecule has 1 heterocycles. The molecule has 0 radical (unpaired) electrons. The van der Waals surface area contributed by atoms with Crippen LogP contribution in [0.1, 0.15) is 18.1 Å². The first kappa shape index (κ1) is 11.7. The minimum Gasteiger partial charge on any atom is -0.384 e.